The molecule has 0 fully saturated rings. The van der Waals surface area contributed by atoms with E-state index in [1.54, 1.807) is 34.8 Å². The molecule has 2 aromatic heterocycles. The maximum Gasteiger partial charge on any atom is 0.234 e. The topological polar surface area (TPSA) is 45.2 Å². The number of hydrogen-bond donors (Lipinski definition) is 1. The van der Waals surface area contributed by atoms with Crippen LogP contribution < -0.4 is 5.32 Å². The van der Waals surface area contributed by atoms with Crippen LogP contribution in [0.25, 0.3) is 10.2 Å². The minimum absolute atomic E-state index is 0.0131. The molecule has 2 heterocycles. The second-order valence-electron chi connectivity index (χ2n) is 7.18. The number of likely N-dealkylation sites (N-methyl/N-ethyl adjacent to an activating group) is 1. The molecule has 4 nitrogen and oxygen atoms in total. The summed E-state index contributed by atoms with van der Waals surface area (Å²) in [7, 11) is 1.92. The SMILES string of the molecule is C[C@H](c1nc2ccccc2s1)N(C)CC(=O)N[C@H](c1ccc(F)cc1)c1cccs1. The second kappa shape index (κ2) is 9.04. The number of para-hydroxylation sites is 1. The number of rotatable bonds is 7. The number of amides is 1. The third-order valence-electron chi connectivity index (χ3n) is 5.06. The first-order valence-electron chi connectivity index (χ1n) is 9.65. The molecule has 0 bridgehead atoms. The number of nitrogens with zero attached hydrogens (tertiary/aromatic N) is 2. The van der Waals surface area contributed by atoms with E-state index in [0.717, 1.165) is 25.7 Å². The molecule has 1 N–H and O–H groups in total. The number of halogens is 1. The van der Waals surface area contributed by atoms with Crippen LogP contribution in [0, 0.1) is 5.82 Å². The summed E-state index contributed by atoms with van der Waals surface area (Å²) in [5.41, 5.74) is 1.84. The molecule has 2 aromatic carbocycles. The first kappa shape index (κ1) is 20.7. The lowest BCUT2D eigenvalue weighted by molar-refractivity contribution is -0.122. The summed E-state index contributed by atoms with van der Waals surface area (Å²) in [6.07, 6.45) is 0. The van der Waals surface area contributed by atoms with Crippen LogP contribution in [0.4, 0.5) is 4.39 Å². The van der Waals surface area contributed by atoms with Gasteiger partial charge in [-0.05, 0) is 55.2 Å². The molecule has 0 saturated carbocycles. The number of benzene rings is 2. The highest BCUT2D eigenvalue weighted by molar-refractivity contribution is 7.18. The van der Waals surface area contributed by atoms with Gasteiger partial charge >= 0.3 is 0 Å². The van der Waals surface area contributed by atoms with Crippen molar-refractivity contribution in [2.75, 3.05) is 13.6 Å². The zero-order valence-corrected chi connectivity index (χ0v) is 18.3. The van der Waals surface area contributed by atoms with Crippen LogP contribution in [0.1, 0.15) is 34.5 Å². The maximum absolute atomic E-state index is 13.4. The van der Waals surface area contributed by atoms with Gasteiger partial charge in [0.1, 0.15) is 10.8 Å². The summed E-state index contributed by atoms with van der Waals surface area (Å²) in [5, 5.41) is 6.07. The smallest absolute Gasteiger partial charge is 0.234 e. The highest BCUT2D eigenvalue weighted by atomic mass is 32.1. The van der Waals surface area contributed by atoms with Crippen LogP contribution >= 0.6 is 22.7 Å². The van der Waals surface area contributed by atoms with E-state index in [4.69, 9.17) is 4.98 Å². The summed E-state index contributed by atoms with van der Waals surface area (Å²) in [6.45, 7) is 2.29. The lowest BCUT2D eigenvalue weighted by Crippen LogP contribution is -2.38. The summed E-state index contributed by atoms with van der Waals surface area (Å²) in [6, 6.07) is 18.0. The Morgan fingerprint density at radius 1 is 1.13 bits per heavy atom. The molecular formula is C23H22FN3OS2. The molecule has 154 valence electrons. The third-order valence-corrected chi connectivity index (χ3v) is 7.20. The van der Waals surface area contributed by atoms with Crippen molar-refractivity contribution in [3.63, 3.8) is 0 Å². The predicted molar refractivity (Wildman–Crippen MR) is 121 cm³/mol. The monoisotopic (exact) mass is 439 g/mol. The van der Waals surface area contributed by atoms with Gasteiger partial charge in [-0.1, -0.05) is 30.3 Å². The van der Waals surface area contributed by atoms with Gasteiger partial charge in [-0.3, -0.25) is 9.69 Å². The molecular weight excluding hydrogens is 417 g/mol. The van der Waals surface area contributed by atoms with Crippen molar-refractivity contribution < 1.29 is 9.18 Å². The van der Waals surface area contributed by atoms with E-state index in [9.17, 15) is 9.18 Å². The molecule has 0 saturated heterocycles. The fraction of sp³-hybridized carbons (Fsp3) is 0.217. The zero-order valence-electron chi connectivity index (χ0n) is 16.7. The van der Waals surface area contributed by atoms with E-state index in [1.807, 2.05) is 47.7 Å². The molecule has 4 aromatic rings. The number of thiazole rings is 1. The minimum atomic E-state index is -0.302. The minimum Gasteiger partial charge on any atom is -0.343 e. The predicted octanol–water partition coefficient (Wildman–Crippen LogP) is 5.40. The number of aromatic nitrogens is 1. The molecule has 0 unspecified atom stereocenters. The quantitative estimate of drug-likeness (QED) is 0.420. The van der Waals surface area contributed by atoms with Gasteiger partial charge in [-0.15, -0.1) is 22.7 Å². The van der Waals surface area contributed by atoms with Crippen molar-refractivity contribution >= 4 is 38.8 Å². The molecule has 1 amide bonds. The average Bonchev–Trinajstić information content (AvgIpc) is 3.42. The molecule has 0 aliphatic heterocycles. The Hall–Kier alpha value is -2.61. The van der Waals surface area contributed by atoms with Crippen molar-refractivity contribution in [3.8, 4) is 0 Å². The second-order valence-corrected chi connectivity index (χ2v) is 9.22. The summed E-state index contributed by atoms with van der Waals surface area (Å²) in [4.78, 5) is 20.6. The zero-order chi connectivity index (χ0) is 21.1. The van der Waals surface area contributed by atoms with Gasteiger partial charge in [0.15, 0.2) is 0 Å². The average molecular weight is 440 g/mol. The molecule has 2 atom stereocenters. The van der Waals surface area contributed by atoms with Gasteiger partial charge < -0.3 is 5.32 Å². The molecule has 30 heavy (non-hydrogen) atoms. The van der Waals surface area contributed by atoms with E-state index in [-0.39, 0.29) is 30.4 Å². The van der Waals surface area contributed by atoms with Gasteiger partial charge in [0.05, 0.1) is 28.8 Å². The van der Waals surface area contributed by atoms with Gasteiger partial charge in [0.25, 0.3) is 0 Å². The highest BCUT2D eigenvalue weighted by Gasteiger charge is 2.22. The third kappa shape index (κ3) is 4.59. The van der Waals surface area contributed by atoms with Crippen molar-refractivity contribution in [1.29, 1.82) is 0 Å². The van der Waals surface area contributed by atoms with E-state index in [2.05, 4.69) is 18.3 Å². The fourth-order valence-corrected chi connectivity index (χ4v) is 5.14. The van der Waals surface area contributed by atoms with Crippen LogP contribution in [-0.2, 0) is 4.79 Å². The number of fused-ring (bicyclic) bond motifs is 1. The van der Waals surface area contributed by atoms with E-state index < -0.39 is 0 Å². The van der Waals surface area contributed by atoms with Crippen molar-refractivity contribution in [2.45, 2.75) is 19.0 Å². The molecule has 4 rings (SSSR count). The Kier molecular flexibility index (Phi) is 6.22. The van der Waals surface area contributed by atoms with E-state index in [1.165, 1.54) is 12.1 Å². The largest absolute Gasteiger partial charge is 0.343 e. The summed E-state index contributed by atoms with van der Waals surface area (Å²) >= 11 is 3.22. The van der Waals surface area contributed by atoms with Crippen LogP contribution in [0.15, 0.2) is 66.0 Å². The first-order valence-corrected chi connectivity index (χ1v) is 11.3. The van der Waals surface area contributed by atoms with Gasteiger partial charge in [-0.2, -0.15) is 0 Å². The normalized spacial score (nSPS) is 13.5. The maximum atomic E-state index is 13.4. The Labute approximate surface area is 183 Å². The standard InChI is InChI=1S/C23H22FN3OS2/c1-15(23-25-18-6-3-4-7-19(18)30-23)27(2)14-21(28)26-22(20-8-5-13-29-20)16-9-11-17(24)12-10-16/h3-13,15,22H,14H2,1-2H3,(H,26,28)/t15-,22-/m1/s1. The summed E-state index contributed by atoms with van der Waals surface area (Å²) in [5.74, 6) is -0.382. The lowest BCUT2D eigenvalue weighted by atomic mass is 10.1. The van der Waals surface area contributed by atoms with Crippen LogP contribution in [0.3, 0.4) is 0 Å². The molecule has 0 aliphatic carbocycles. The van der Waals surface area contributed by atoms with Crippen molar-refractivity contribution in [1.82, 2.24) is 15.2 Å². The molecule has 0 radical (unpaired) electrons. The van der Waals surface area contributed by atoms with Crippen molar-refractivity contribution in [3.05, 3.63) is 87.3 Å². The lowest BCUT2D eigenvalue weighted by Gasteiger charge is -2.24. The van der Waals surface area contributed by atoms with Crippen LogP contribution in [0.5, 0.6) is 0 Å². The van der Waals surface area contributed by atoms with Crippen molar-refractivity contribution in [2.24, 2.45) is 0 Å². The number of carbonyl (C=O) groups is 1. The molecule has 7 heteroatoms. The molecule has 0 aliphatic rings. The Morgan fingerprint density at radius 2 is 1.90 bits per heavy atom. The Balaban J connectivity index is 1.46. The fourth-order valence-electron chi connectivity index (χ4n) is 3.26. The number of carbonyl (C=O) groups excluding carboxylic acids is 1. The van der Waals surface area contributed by atoms with Crippen LogP contribution in [0.2, 0.25) is 0 Å². The van der Waals surface area contributed by atoms with Gasteiger partial charge in [-0.25, -0.2) is 9.37 Å². The first-order chi connectivity index (χ1) is 14.5. The number of nitrogens with one attached hydrogen (secondary N) is 1. The van der Waals surface area contributed by atoms with E-state index >= 15 is 0 Å². The van der Waals surface area contributed by atoms with Gasteiger partial charge in [0.2, 0.25) is 5.91 Å². The Morgan fingerprint density at radius 3 is 2.60 bits per heavy atom. The number of hydrogen-bond acceptors (Lipinski definition) is 5. The summed E-state index contributed by atoms with van der Waals surface area (Å²) < 4.78 is 14.5. The highest BCUT2D eigenvalue weighted by Crippen LogP contribution is 2.29. The Bertz CT molecular complexity index is 1090. The van der Waals surface area contributed by atoms with Gasteiger partial charge in [0, 0.05) is 4.88 Å². The number of thiophene rings is 1. The van der Waals surface area contributed by atoms with E-state index in [0.29, 0.717) is 0 Å². The van der Waals surface area contributed by atoms with Crippen LogP contribution in [-0.4, -0.2) is 29.4 Å². The molecule has 0 spiro atoms.